The van der Waals surface area contributed by atoms with E-state index >= 15 is 0 Å². The molecular formula is C36H36Cl2N4O6S. The molecule has 1 aliphatic rings. The number of benzene rings is 4. The van der Waals surface area contributed by atoms with Crippen LogP contribution in [-0.2, 0) is 32.6 Å². The van der Waals surface area contributed by atoms with Crippen LogP contribution in [0.2, 0.25) is 10.0 Å². The Morgan fingerprint density at radius 3 is 2.20 bits per heavy atom. The largest absolute Gasteiger partial charge is 0.352 e. The molecule has 13 heteroatoms. The number of sulfonamides is 1. The summed E-state index contributed by atoms with van der Waals surface area (Å²) in [5.74, 6) is -1.08. The maximum atomic E-state index is 14.7. The standard InChI is InChI=1S/C36H36Cl2N4O6S/c37-28-20-19-27(33(38)22-28)24-40(34(21-26-11-4-1-5-12-26)36(44)39-29-13-6-2-7-14-29)35(43)25-41(30-15-10-16-31(23-30)42(45)46)49(47,48)32-17-8-3-9-18-32/h1,3-5,8-12,15-20,22-23,29,34H,2,6-7,13-14,21,24-25H2,(H,39,44). The number of nitrogens with one attached hydrogen (secondary N) is 1. The fourth-order valence-electron chi connectivity index (χ4n) is 5.94. The number of nitrogens with zero attached hydrogens (tertiary/aromatic N) is 3. The molecule has 0 saturated heterocycles. The maximum absolute atomic E-state index is 14.7. The predicted molar refractivity (Wildman–Crippen MR) is 190 cm³/mol. The lowest BCUT2D eigenvalue weighted by Crippen LogP contribution is -2.55. The summed E-state index contributed by atoms with van der Waals surface area (Å²) >= 11 is 12.8. The Hall–Kier alpha value is -4.45. The van der Waals surface area contributed by atoms with Crippen LogP contribution in [-0.4, -0.2) is 48.7 Å². The van der Waals surface area contributed by atoms with Gasteiger partial charge in [0.05, 0.1) is 15.5 Å². The van der Waals surface area contributed by atoms with E-state index in [2.05, 4.69) is 5.32 Å². The topological polar surface area (TPSA) is 130 Å². The van der Waals surface area contributed by atoms with Gasteiger partial charge in [-0.25, -0.2) is 8.42 Å². The highest BCUT2D eigenvalue weighted by Crippen LogP contribution is 2.29. The number of carbonyl (C=O) groups excluding carboxylic acids is 2. The van der Waals surface area contributed by atoms with Gasteiger partial charge in [-0.1, -0.05) is 103 Å². The number of amides is 2. The minimum absolute atomic E-state index is 0.0598. The predicted octanol–water partition coefficient (Wildman–Crippen LogP) is 7.19. The molecule has 0 radical (unpaired) electrons. The van der Waals surface area contributed by atoms with Gasteiger partial charge in [-0.3, -0.25) is 24.0 Å². The lowest BCUT2D eigenvalue weighted by atomic mass is 9.94. The van der Waals surface area contributed by atoms with Crippen LogP contribution in [0.15, 0.2) is 108 Å². The summed E-state index contributed by atoms with van der Waals surface area (Å²) in [6.07, 6.45) is 4.81. The zero-order chi connectivity index (χ0) is 35.0. The molecule has 1 saturated carbocycles. The van der Waals surface area contributed by atoms with Crippen molar-refractivity contribution >= 4 is 56.4 Å². The Labute approximate surface area is 295 Å². The molecule has 49 heavy (non-hydrogen) atoms. The number of hydrogen-bond acceptors (Lipinski definition) is 6. The third-order valence-electron chi connectivity index (χ3n) is 8.52. The SMILES string of the molecule is O=C(NC1CCCCC1)C(Cc1ccccc1)N(Cc1ccc(Cl)cc1Cl)C(=O)CN(c1cccc([N+](=O)[O-])c1)S(=O)(=O)c1ccccc1. The fourth-order valence-corrected chi connectivity index (χ4v) is 7.84. The average molecular weight is 724 g/mol. The molecule has 4 aromatic rings. The minimum Gasteiger partial charge on any atom is -0.352 e. The number of halogens is 2. The van der Waals surface area contributed by atoms with Crippen molar-refractivity contribution in [2.45, 2.75) is 62.0 Å². The molecule has 0 heterocycles. The highest BCUT2D eigenvalue weighted by atomic mass is 35.5. The van der Waals surface area contributed by atoms with Crippen LogP contribution >= 0.6 is 23.2 Å². The summed E-state index contributed by atoms with van der Waals surface area (Å²) in [6.45, 7) is -0.899. The van der Waals surface area contributed by atoms with Crippen LogP contribution in [0.25, 0.3) is 0 Å². The van der Waals surface area contributed by atoms with Crippen molar-refractivity contribution in [3.05, 3.63) is 134 Å². The molecular weight excluding hydrogens is 687 g/mol. The zero-order valence-corrected chi connectivity index (χ0v) is 28.9. The molecule has 10 nitrogen and oxygen atoms in total. The monoisotopic (exact) mass is 722 g/mol. The average Bonchev–Trinajstić information content (AvgIpc) is 3.10. The summed E-state index contributed by atoms with van der Waals surface area (Å²) in [7, 11) is -4.42. The number of nitro groups is 1. The molecule has 1 atom stereocenters. The Morgan fingerprint density at radius 1 is 0.878 bits per heavy atom. The molecule has 0 aliphatic heterocycles. The van der Waals surface area contributed by atoms with Crippen LogP contribution in [0.4, 0.5) is 11.4 Å². The van der Waals surface area contributed by atoms with E-state index in [1.165, 1.54) is 41.3 Å². The van der Waals surface area contributed by atoms with Crippen LogP contribution in [0.3, 0.4) is 0 Å². The van der Waals surface area contributed by atoms with Gasteiger partial charge in [0, 0.05) is 41.2 Å². The first kappa shape index (κ1) is 35.8. The summed E-state index contributed by atoms with van der Waals surface area (Å²) in [4.78, 5) is 41.2. The van der Waals surface area contributed by atoms with Crippen molar-refractivity contribution in [2.24, 2.45) is 0 Å². The van der Waals surface area contributed by atoms with Gasteiger partial charge in [-0.2, -0.15) is 0 Å². The third kappa shape index (κ3) is 9.17. The third-order valence-corrected chi connectivity index (χ3v) is 10.9. The smallest absolute Gasteiger partial charge is 0.271 e. The van der Waals surface area contributed by atoms with Gasteiger partial charge in [0.15, 0.2) is 0 Å². The van der Waals surface area contributed by atoms with Gasteiger partial charge in [-0.05, 0) is 54.3 Å². The van der Waals surface area contributed by atoms with Gasteiger partial charge in [-0.15, -0.1) is 0 Å². The van der Waals surface area contributed by atoms with E-state index in [9.17, 15) is 28.1 Å². The molecule has 0 aromatic heterocycles. The number of anilines is 1. The van der Waals surface area contributed by atoms with Gasteiger partial charge in [0.2, 0.25) is 11.8 Å². The first-order valence-corrected chi connectivity index (χ1v) is 18.1. The van der Waals surface area contributed by atoms with Crippen LogP contribution in [0.1, 0.15) is 43.2 Å². The van der Waals surface area contributed by atoms with Crippen LogP contribution < -0.4 is 9.62 Å². The second-order valence-electron chi connectivity index (χ2n) is 11.9. The second kappa shape index (κ2) is 16.3. The summed E-state index contributed by atoms with van der Waals surface area (Å²) in [6, 6.07) is 25.5. The number of rotatable bonds is 13. The number of nitro benzene ring substituents is 1. The minimum atomic E-state index is -4.42. The van der Waals surface area contributed by atoms with Crippen molar-refractivity contribution in [1.29, 1.82) is 0 Å². The molecule has 1 fully saturated rings. The summed E-state index contributed by atoms with van der Waals surface area (Å²) in [5, 5.41) is 15.5. The van der Waals surface area contributed by atoms with Crippen molar-refractivity contribution in [2.75, 3.05) is 10.8 Å². The molecule has 5 rings (SSSR count). The maximum Gasteiger partial charge on any atom is 0.271 e. The normalized spacial score (nSPS) is 14.1. The van der Waals surface area contributed by atoms with Gasteiger partial charge in [0.1, 0.15) is 12.6 Å². The second-order valence-corrected chi connectivity index (χ2v) is 14.6. The van der Waals surface area contributed by atoms with Crippen LogP contribution in [0, 0.1) is 10.1 Å². The molecule has 1 aliphatic carbocycles. The Balaban J connectivity index is 1.60. The Kier molecular flexibility index (Phi) is 11.9. The summed E-state index contributed by atoms with van der Waals surface area (Å²) < 4.78 is 29.1. The lowest BCUT2D eigenvalue weighted by molar-refractivity contribution is -0.384. The molecule has 0 spiro atoms. The van der Waals surface area contributed by atoms with E-state index in [1.54, 1.807) is 30.3 Å². The Bertz CT molecular complexity index is 1890. The van der Waals surface area contributed by atoms with Gasteiger partial charge >= 0.3 is 0 Å². The highest BCUT2D eigenvalue weighted by molar-refractivity contribution is 7.92. The van der Waals surface area contributed by atoms with E-state index in [4.69, 9.17) is 23.2 Å². The number of carbonyl (C=O) groups is 2. The zero-order valence-electron chi connectivity index (χ0n) is 26.6. The lowest BCUT2D eigenvalue weighted by Gasteiger charge is -2.35. The first-order chi connectivity index (χ1) is 23.5. The number of non-ortho nitro benzene ring substituents is 1. The van der Waals surface area contributed by atoms with E-state index in [-0.39, 0.29) is 46.2 Å². The van der Waals surface area contributed by atoms with Crippen LogP contribution in [0.5, 0.6) is 0 Å². The first-order valence-electron chi connectivity index (χ1n) is 15.9. The van der Waals surface area contributed by atoms with Crippen molar-refractivity contribution < 1.29 is 22.9 Å². The van der Waals surface area contributed by atoms with Gasteiger partial charge < -0.3 is 10.2 Å². The quantitative estimate of drug-likeness (QED) is 0.115. The van der Waals surface area contributed by atoms with E-state index in [0.29, 0.717) is 10.6 Å². The highest BCUT2D eigenvalue weighted by Gasteiger charge is 2.36. The van der Waals surface area contributed by atoms with Crippen molar-refractivity contribution in [3.8, 4) is 0 Å². The molecule has 2 amide bonds. The molecule has 4 aromatic carbocycles. The van der Waals surface area contributed by atoms with Gasteiger partial charge in [0.25, 0.3) is 15.7 Å². The van der Waals surface area contributed by atoms with Crippen molar-refractivity contribution in [3.63, 3.8) is 0 Å². The van der Waals surface area contributed by atoms with Crippen molar-refractivity contribution in [1.82, 2.24) is 10.2 Å². The summed E-state index contributed by atoms with van der Waals surface area (Å²) in [5.41, 5.74) is 0.855. The van der Waals surface area contributed by atoms with E-state index in [0.717, 1.165) is 48.0 Å². The molecule has 1 unspecified atom stereocenters. The molecule has 0 bridgehead atoms. The van der Waals surface area contributed by atoms with E-state index in [1.807, 2.05) is 30.3 Å². The molecule has 1 N–H and O–H groups in total. The van der Waals surface area contributed by atoms with E-state index < -0.39 is 33.4 Å². The fraction of sp³-hybridized carbons (Fsp3) is 0.278. The number of hydrogen-bond donors (Lipinski definition) is 1. The Morgan fingerprint density at radius 2 is 1.55 bits per heavy atom. The molecule has 256 valence electrons.